The quantitative estimate of drug-likeness (QED) is 0.759. The summed E-state index contributed by atoms with van der Waals surface area (Å²) in [6.07, 6.45) is 0.0883. The van der Waals surface area contributed by atoms with Crippen molar-refractivity contribution in [2.45, 2.75) is 38.8 Å². The van der Waals surface area contributed by atoms with Gasteiger partial charge in [0.25, 0.3) is 0 Å². The van der Waals surface area contributed by atoms with Gasteiger partial charge >= 0.3 is 6.09 Å². The Bertz CT molecular complexity index is 1000. The van der Waals surface area contributed by atoms with E-state index in [1.165, 1.54) is 0 Å². The maximum Gasteiger partial charge on any atom is 0.408 e. The minimum Gasteiger partial charge on any atom is -0.444 e. The predicted octanol–water partition coefficient (Wildman–Crippen LogP) is 4.93. The van der Waals surface area contributed by atoms with Crippen LogP contribution in [-0.2, 0) is 11.2 Å². The molecule has 5 nitrogen and oxygen atoms in total. The molecule has 5 heteroatoms. The fourth-order valence-electron chi connectivity index (χ4n) is 3.76. The van der Waals surface area contributed by atoms with Gasteiger partial charge in [0.05, 0.1) is 6.04 Å². The van der Waals surface area contributed by atoms with Gasteiger partial charge in [0.15, 0.2) is 0 Å². The van der Waals surface area contributed by atoms with Crippen molar-refractivity contribution in [2.24, 2.45) is 5.92 Å². The van der Waals surface area contributed by atoms with Crippen molar-refractivity contribution in [3.8, 4) is 12.1 Å². The van der Waals surface area contributed by atoms with E-state index in [4.69, 9.17) is 4.74 Å². The number of alkyl carbamates (subject to hydrolysis) is 1. The monoisotopic (exact) mass is 385 g/mol. The normalized spacial score (nSPS) is 16.2. The molecule has 0 aliphatic heterocycles. The van der Waals surface area contributed by atoms with E-state index in [0.717, 1.165) is 16.7 Å². The number of allylic oxidation sites excluding steroid dienone is 1. The molecule has 146 valence electrons. The van der Waals surface area contributed by atoms with Gasteiger partial charge in [-0.05, 0) is 49.5 Å². The number of rotatable bonds is 3. The summed E-state index contributed by atoms with van der Waals surface area (Å²) in [4.78, 5) is 12.6. The first-order valence-electron chi connectivity index (χ1n) is 9.51. The Labute approximate surface area is 171 Å². The molecule has 3 rings (SSSR count). The standard InChI is InChI=1S/C24H23N3O2/c1-24(2,3)29-23(28)27-22(16-9-5-4-6-10-16)20-13-17-11-7-8-12-19(17)21(20)18(14-25)15-26/h4-12,20,22H,13H2,1-3H3,(H,27,28). The van der Waals surface area contributed by atoms with E-state index >= 15 is 0 Å². The zero-order valence-electron chi connectivity index (χ0n) is 16.8. The van der Waals surface area contributed by atoms with E-state index in [1.54, 1.807) is 0 Å². The highest BCUT2D eigenvalue weighted by Crippen LogP contribution is 2.45. The molecule has 2 atom stereocenters. The maximum absolute atomic E-state index is 12.6. The molecule has 0 saturated carbocycles. The summed E-state index contributed by atoms with van der Waals surface area (Å²) in [7, 11) is 0. The Hall–Kier alpha value is -3.57. The Balaban J connectivity index is 2.08. The minimum atomic E-state index is -0.632. The van der Waals surface area contributed by atoms with E-state index < -0.39 is 17.7 Å². The van der Waals surface area contributed by atoms with Crippen LogP contribution in [0.25, 0.3) is 5.57 Å². The summed E-state index contributed by atoms with van der Waals surface area (Å²) < 4.78 is 5.48. The van der Waals surface area contributed by atoms with Crippen molar-refractivity contribution in [1.82, 2.24) is 5.32 Å². The van der Waals surface area contributed by atoms with Crippen LogP contribution >= 0.6 is 0 Å². The maximum atomic E-state index is 12.6. The Morgan fingerprint density at radius 2 is 1.69 bits per heavy atom. The Morgan fingerprint density at radius 3 is 2.31 bits per heavy atom. The lowest BCUT2D eigenvalue weighted by Gasteiger charge is -2.28. The van der Waals surface area contributed by atoms with Crippen molar-refractivity contribution in [3.05, 3.63) is 76.9 Å². The van der Waals surface area contributed by atoms with E-state index in [2.05, 4.69) is 5.32 Å². The summed E-state index contributed by atoms with van der Waals surface area (Å²) in [5.41, 5.74) is 2.96. The predicted molar refractivity (Wildman–Crippen MR) is 110 cm³/mol. The van der Waals surface area contributed by atoms with Gasteiger partial charge in [-0.1, -0.05) is 54.6 Å². The van der Waals surface area contributed by atoms with Crippen molar-refractivity contribution in [1.29, 1.82) is 10.5 Å². The molecule has 2 aromatic rings. The lowest BCUT2D eigenvalue weighted by Crippen LogP contribution is -2.38. The number of hydrogen-bond acceptors (Lipinski definition) is 4. The molecule has 0 spiro atoms. The second-order valence-corrected chi connectivity index (χ2v) is 8.01. The lowest BCUT2D eigenvalue weighted by molar-refractivity contribution is 0.0493. The molecule has 0 aromatic heterocycles. The number of nitrogens with zero attached hydrogens (tertiary/aromatic N) is 2. The zero-order valence-corrected chi connectivity index (χ0v) is 16.8. The third-order valence-electron chi connectivity index (χ3n) is 4.84. The number of nitrogens with one attached hydrogen (secondary N) is 1. The molecule has 29 heavy (non-hydrogen) atoms. The molecule has 0 radical (unpaired) electrons. The zero-order chi connectivity index (χ0) is 21.0. The number of carbonyl (C=O) groups is 1. The molecule has 1 N–H and O–H groups in total. The van der Waals surface area contributed by atoms with Crippen LogP contribution in [0.3, 0.4) is 0 Å². The summed E-state index contributed by atoms with van der Waals surface area (Å²) in [6, 6.07) is 21.0. The van der Waals surface area contributed by atoms with Crippen LogP contribution in [0.1, 0.15) is 43.5 Å². The molecule has 0 fully saturated rings. The molecule has 1 amide bonds. The third kappa shape index (κ3) is 4.47. The highest BCUT2D eigenvalue weighted by molar-refractivity contribution is 5.83. The summed E-state index contributed by atoms with van der Waals surface area (Å²) in [5.74, 6) is -0.253. The second-order valence-electron chi connectivity index (χ2n) is 8.01. The van der Waals surface area contributed by atoms with Crippen LogP contribution in [0.2, 0.25) is 0 Å². The minimum absolute atomic E-state index is 0.0758. The van der Waals surface area contributed by atoms with E-state index in [0.29, 0.717) is 12.0 Å². The average Bonchev–Trinajstić information content (AvgIpc) is 3.06. The van der Waals surface area contributed by atoms with Gasteiger partial charge < -0.3 is 10.1 Å². The molecule has 1 aliphatic rings. The van der Waals surface area contributed by atoms with Gasteiger partial charge in [-0.3, -0.25) is 0 Å². The van der Waals surface area contributed by atoms with Crippen molar-refractivity contribution in [3.63, 3.8) is 0 Å². The molecular weight excluding hydrogens is 362 g/mol. The van der Waals surface area contributed by atoms with E-state index in [1.807, 2.05) is 87.5 Å². The average molecular weight is 385 g/mol. The topological polar surface area (TPSA) is 85.9 Å². The van der Waals surface area contributed by atoms with Gasteiger partial charge in [-0.2, -0.15) is 10.5 Å². The molecule has 2 unspecified atom stereocenters. The number of benzene rings is 2. The highest BCUT2D eigenvalue weighted by atomic mass is 16.6. The summed E-state index contributed by atoms with van der Waals surface area (Å²) in [6.45, 7) is 5.43. The van der Waals surface area contributed by atoms with Gasteiger partial charge in [-0.15, -0.1) is 0 Å². The summed E-state index contributed by atoms with van der Waals surface area (Å²) in [5, 5.41) is 22.1. The number of carbonyl (C=O) groups excluding carboxylic acids is 1. The number of ether oxygens (including phenoxy) is 1. The molecule has 0 saturated heterocycles. The first-order chi connectivity index (χ1) is 13.8. The number of fused-ring (bicyclic) bond motifs is 1. The van der Waals surface area contributed by atoms with Crippen molar-refractivity contribution in [2.75, 3.05) is 0 Å². The third-order valence-corrected chi connectivity index (χ3v) is 4.84. The SMILES string of the molecule is CC(C)(C)OC(=O)NC(c1ccccc1)C1Cc2ccccc2C1=C(C#N)C#N. The Morgan fingerprint density at radius 1 is 1.07 bits per heavy atom. The van der Waals surface area contributed by atoms with Crippen LogP contribution in [0.5, 0.6) is 0 Å². The number of amides is 1. The fraction of sp³-hybridized carbons (Fsp3) is 0.292. The van der Waals surface area contributed by atoms with Crippen LogP contribution in [0.4, 0.5) is 4.79 Å². The molecule has 2 aromatic carbocycles. The number of nitriles is 2. The highest BCUT2D eigenvalue weighted by Gasteiger charge is 2.37. The lowest BCUT2D eigenvalue weighted by atomic mass is 9.85. The molecule has 1 aliphatic carbocycles. The first kappa shape index (κ1) is 20.2. The summed E-state index contributed by atoms with van der Waals surface area (Å²) >= 11 is 0. The van der Waals surface area contributed by atoms with Gasteiger partial charge in [-0.25, -0.2) is 4.79 Å². The molecule has 0 bridgehead atoms. The second kappa shape index (κ2) is 8.20. The van der Waals surface area contributed by atoms with Gasteiger partial charge in [0.2, 0.25) is 0 Å². The molecular formula is C24H23N3O2. The smallest absolute Gasteiger partial charge is 0.408 e. The number of hydrogen-bond donors (Lipinski definition) is 1. The van der Waals surface area contributed by atoms with Crippen LogP contribution < -0.4 is 5.32 Å². The Kier molecular flexibility index (Phi) is 5.71. The largest absolute Gasteiger partial charge is 0.444 e. The first-order valence-corrected chi connectivity index (χ1v) is 9.51. The van der Waals surface area contributed by atoms with Gasteiger partial charge in [0.1, 0.15) is 23.3 Å². The van der Waals surface area contributed by atoms with Crippen LogP contribution in [-0.4, -0.2) is 11.7 Å². The van der Waals surface area contributed by atoms with Gasteiger partial charge in [0, 0.05) is 5.92 Å². The van der Waals surface area contributed by atoms with E-state index in [9.17, 15) is 15.3 Å². The van der Waals surface area contributed by atoms with Crippen molar-refractivity contribution < 1.29 is 9.53 Å². The van der Waals surface area contributed by atoms with Crippen LogP contribution in [0.15, 0.2) is 60.2 Å². The fourth-order valence-corrected chi connectivity index (χ4v) is 3.76. The van der Waals surface area contributed by atoms with Crippen LogP contribution in [0, 0.1) is 28.6 Å². The molecule has 0 heterocycles. The van der Waals surface area contributed by atoms with Crippen molar-refractivity contribution >= 4 is 11.7 Å². The van der Waals surface area contributed by atoms with E-state index in [-0.39, 0.29) is 11.5 Å².